The summed E-state index contributed by atoms with van der Waals surface area (Å²) in [5, 5.41) is 1.02. The number of nitrogen functional groups attached to an aromatic ring is 1. The lowest BCUT2D eigenvalue weighted by atomic mass is 10.1. The van der Waals surface area contributed by atoms with E-state index >= 15 is 0 Å². The quantitative estimate of drug-likeness (QED) is 0.591. The third kappa shape index (κ3) is 1.35. The molecular weight excluding hydrogens is 270 g/mol. The second kappa shape index (κ2) is 3.37. The Morgan fingerprint density at radius 3 is 2.71 bits per heavy atom. The monoisotopic (exact) mass is 274 g/mol. The number of hydrogen-bond donors (Lipinski definition) is 1. The van der Waals surface area contributed by atoms with Crippen LogP contribution in [0.25, 0.3) is 10.8 Å². The van der Waals surface area contributed by atoms with Gasteiger partial charge in [-0.15, -0.1) is 0 Å². The van der Waals surface area contributed by atoms with Gasteiger partial charge in [-0.3, -0.25) is 0 Å². The van der Waals surface area contributed by atoms with E-state index in [1.807, 2.05) is 0 Å². The molecule has 2 N–H and O–H groups in total. The van der Waals surface area contributed by atoms with E-state index in [1.54, 1.807) is 0 Å². The Kier molecular flexibility index (Phi) is 2.33. The van der Waals surface area contributed by atoms with Crippen LogP contribution in [0.3, 0.4) is 0 Å². The molecule has 0 saturated heterocycles. The zero-order valence-electron chi connectivity index (χ0n) is 6.89. The van der Waals surface area contributed by atoms with Crippen LogP contribution in [0.15, 0.2) is 22.8 Å². The number of pyridine rings is 1. The molecule has 5 heteroatoms. The zero-order valence-corrected chi connectivity index (χ0v) is 9.23. The number of hydrogen-bond acceptors (Lipinski definition) is 2. The largest absolute Gasteiger partial charge is 0.398 e. The van der Waals surface area contributed by atoms with Crippen LogP contribution in [0.2, 0.25) is 5.15 Å². The Bertz CT molecular complexity index is 426. The van der Waals surface area contributed by atoms with Crippen molar-refractivity contribution in [3.63, 3.8) is 0 Å². The Morgan fingerprint density at radius 2 is 2.07 bits per heavy atom. The number of anilines is 1. The first kappa shape index (κ1) is 9.68. The smallest absolute Gasteiger partial charge is 0.139 e. The van der Waals surface area contributed by atoms with Gasteiger partial charge in [-0.25, -0.2) is 9.37 Å². The van der Waals surface area contributed by atoms with Gasteiger partial charge < -0.3 is 5.73 Å². The number of fused-ring (bicyclic) bond motifs is 1. The molecule has 14 heavy (non-hydrogen) atoms. The van der Waals surface area contributed by atoms with Crippen LogP contribution in [0, 0.1) is 5.82 Å². The molecule has 1 aromatic carbocycles. The Balaban J connectivity index is 3.05. The highest BCUT2D eigenvalue weighted by Gasteiger charge is 2.11. The van der Waals surface area contributed by atoms with Crippen LogP contribution >= 0.6 is 27.5 Å². The third-order valence-corrected chi connectivity index (χ3v) is 2.81. The van der Waals surface area contributed by atoms with Gasteiger partial charge >= 0.3 is 0 Å². The van der Waals surface area contributed by atoms with Crippen LogP contribution in [-0.2, 0) is 0 Å². The fourth-order valence-corrected chi connectivity index (χ4v) is 2.03. The van der Waals surface area contributed by atoms with E-state index < -0.39 is 0 Å². The fourth-order valence-electron chi connectivity index (χ4n) is 1.29. The predicted molar refractivity (Wildman–Crippen MR) is 58.8 cm³/mol. The Labute approximate surface area is 93.0 Å². The van der Waals surface area contributed by atoms with E-state index in [0.29, 0.717) is 20.9 Å². The van der Waals surface area contributed by atoms with Crippen molar-refractivity contribution in [2.45, 2.75) is 0 Å². The molecule has 0 saturated carbocycles. The SMILES string of the molecule is Nc1ccc(F)c2c(Br)cnc(Cl)c12. The van der Waals surface area contributed by atoms with Gasteiger partial charge in [0.05, 0.1) is 0 Å². The molecule has 0 amide bonds. The van der Waals surface area contributed by atoms with Crippen LogP contribution in [0.1, 0.15) is 0 Å². The summed E-state index contributed by atoms with van der Waals surface area (Å²) in [6.07, 6.45) is 1.45. The molecule has 72 valence electrons. The van der Waals surface area contributed by atoms with Gasteiger partial charge in [0.25, 0.3) is 0 Å². The minimum atomic E-state index is -0.370. The first-order valence-corrected chi connectivity index (χ1v) is 4.96. The highest BCUT2D eigenvalue weighted by Crippen LogP contribution is 2.33. The fraction of sp³-hybridized carbons (Fsp3) is 0. The van der Waals surface area contributed by atoms with E-state index in [-0.39, 0.29) is 11.0 Å². The Morgan fingerprint density at radius 1 is 1.36 bits per heavy atom. The Hall–Kier alpha value is -0.870. The minimum Gasteiger partial charge on any atom is -0.398 e. The second-order valence-corrected chi connectivity index (χ2v) is 4.00. The maximum absolute atomic E-state index is 13.4. The average Bonchev–Trinajstić information content (AvgIpc) is 2.16. The number of halogens is 3. The lowest BCUT2D eigenvalue weighted by molar-refractivity contribution is 0.639. The molecule has 2 nitrogen and oxygen atoms in total. The van der Waals surface area contributed by atoms with Gasteiger partial charge in [-0.2, -0.15) is 0 Å². The van der Waals surface area contributed by atoms with Crippen molar-refractivity contribution in [3.8, 4) is 0 Å². The first-order chi connectivity index (χ1) is 6.61. The number of nitrogens with zero attached hydrogens (tertiary/aromatic N) is 1. The molecule has 0 unspecified atom stereocenters. The molecule has 0 fully saturated rings. The lowest BCUT2D eigenvalue weighted by Gasteiger charge is -2.06. The summed E-state index contributed by atoms with van der Waals surface area (Å²) in [4.78, 5) is 3.88. The maximum Gasteiger partial charge on any atom is 0.139 e. The van der Waals surface area contributed by atoms with Crippen molar-refractivity contribution in [2.75, 3.05) is 5.73 Å². The molecule has 2 aromatic rings. The van der Waals surface area contributed by atoms with Crippen LogP contribution in [-0.4, -0.2) is 4.98 Å². The molecule has 0 radical (unpaired) electrons. The van der Waals surface area contributed by atoms with Crippen LogP contribution < -0.4 is 5.73 Å². The average molecular weight is 276 g/mol. The topological polar surface area (TPSA) is 38.9 Å². The molecule has 0 atom stereocenters. The van der Waals surface area contributed by atoms with E-state index in [9.17, 15) is 4.39 Å². The number of nitrogens with two attached hydrogens (primary N) is 1. The van der Waals surface area contributed by atoms with Crippen molar-refractivity contribution in [2.24, 2.45) is 0 Å². The van der Waals surface area contributed by atoms with Crippen molar-refractivity contribution in [1.29, 1.82) is 0 Å². The van der Waals surface area contributed by atoms with E-state index in [1.165, 1.54) is 18.3 Å². The number of rotatable bonds is 0. The molecule has 1 aromatic heterocycles. The van der Waals surface area contributed by atoms with Gasteiger partial charge in [0.15, 0.2) is 0 Å². The highest BCUT2D eigenvalue weighted by atomic mass is 79.9. The minimum absolute atomic E-state index is 0.209. The lowest BCUT2D eigenvalue weighted by Crippen LogP contribution is -1.92. The third-order valence-electron chi connectivity index (χ3n) is 1.92. The van der Waals surface area contributed by atoms with E-state index in [2.05, 4.69) is 20.9 Å². The van der Waals surface area contributed by atoms with Gasteiger partial charge in [0.2, 0.25) is 0 Å². The molecule has 0 aliphatic heterocycles. The first-order valence-electron chi connectivity index (χ1n) is 3.79. The molecule has 1 heterocycles. The van der Waals surface area contributed by atoms with Gasteiger partial charge in [-0.05, 0) is 28.1 Å². The van der Waals surface area contributed by atoms with E-state index in [4.69, 9.17) is 17.3 Å². The molecular formula is C9H5BrClFN2. The molecule has 0 spiro atoms. The highest BCUT2D eigenvalue weighted by molar-refractivity contribution is 9.10. The summed E-state index contributed by atoms with van der Waals surface area (Å²) in [5.41, 5.74) is 6.10. The van der Waals surface area contributed by atoms with Crippen molar-refractivity contribution in [1.82, 2.24) is 4.98 Å². The molecule has 0 aliphatic carbocycles. The van der Waals surface area contributed by atoms with Crippen molar-refractivity contribution in [3.05, 3.63) is 33.8 Å². The number of aromatic nitrogens is 1. The van der Waals surface area contributed by atoms with E-state index in [0.717, 1.165) is 0 Å². The molecule has 2 rings (SSSR count). The second-order valence-electron chi connectivity index (χ2n) is 2.78. The standard InChI is InChI=1S/C9H5BrClFN2/c10-4-3-14-9(11)8-6(13)2-1-5(12)7(4)8/h1-3H,13H2. The predicted octanol–water partition coefficient (Wildman–Crippen LogP) is 3.37. The summed E-state index contributed by atoms with van der Waals surface area (Å²) in [7, 11) is 0. The van der Waals surface area contributed by atoms with Crippen molar-refractivity contribution < 1.29 is 4.39 Å². The van der Waals surface area contributed by atoms with Gasteiger partial charge in [0, 0.05) is 27.1 Å². The van der Waals surface area contributed by atoms with Gasteiger partial charge in [0.1, 0.15) is 11.0 Å². The van der Waals surface area contributed by atoms with Crippen LogP contribution in [0.5, 0.6) is 0 Å². The summed E-state index contributed by atoms with van der Waals surface area (Å²) in [5.74, 6) is -0.370. The maximum atomic E-state index is 13.4. The molecule has 0 aliphatic rings. The molecule has 0 bridgehead atoms. The van der Waals surface area contributed by atoms with Crippen molar-refractivity contribution >= 4 is 44.0 Å². The normalized spacial score (nSPS) is 10.8. The zero-order chi connectivity index (χ0) is 10.3. The summed E-state index contributed by atoms with van der Waals surface area (Å²) < 4.78 is 14.0. The summed E-state index contributed by atoms with van der Waals surface area (Å²) in [6.45, 7) is 0. The van der Waals surface area contributed by atoms with Crippen LogP contribution in [0.4, 0.5) is 10.1 Å². The number of benzene rings is 1. The van der Waals surface area contributed by atoms with Gasteiger partial charge in [-0.1, -0.05) is 11.6 Å². The summed E-state index contributed by atoms with van der Waals surface area (Å²) in [6, 6.07) is 2.77. The summed E-state index contributed by atoms with van der Waals surface area (Å²) >= 11 is 9.03.